The maximum Gasteiger partial charge on any atom is 0.323 e. The Bertz CT molecular complexity index is 324. The summed E-state index contributed by atoms with van der Waals surface area (Å²) in [6.07, 6.45) is 0. The van der Waals surface area contributed by atoms with Gasteiger partial charge in [-0.1, -0.05) is 0 Å². The molecule has 8 heteroatoms. The van der Waals surface area contributed by atoms with Crippen LogP contribution in [0.15, 0.2) is 0 Å². The molecule has 0 heterocycles. The normalized spacial score (nSPS) is 11.4. The molecule has 2 amide bonds. The summed E-state index contributed by atoms with van der Waals surface area (Å²) in [6, 6.07) is -0.966. The molecule has 96 valence electrons. The monoisotopic (exact) mass is 246 g/mol. The smallest absolute Gasteiger partial charge is 0.323 e. The first-order valence-electron chi connectivity index (χ1n) is 4.73. The number of carboxylic acid groups (broad SMARTS) is 2. The number of aliphatic carboxylic acids is 2. The van der Waals surface area contributed by atoms with Crippen LogP contribution in [0.25, 0.3) is 0 Å². The molecule has 0 fully saturated rings. The van der Waals surface area contributed by atoms with Gasteiger partial charge in [-0.15, -0.1) is 0 Å². The van der Waals surface area contributed by atoms with E-state index in [1.165, 1.54) is 13.8 Å². The highest BCUT2D eigenvalue weighted by atomic mass is 16.4. The van der Waals surface area contributed by atoms with Crippen molar-refractivity contribution in [2.24, 2.45) is 0 Å². The molecule has 1 unspecified atom stereocenters. The van der Waals surface area contributed by atoms with Gasteiger partial charge in [-0.3, -0.25) is 19.2 Å². The Kier molecular flexibility index (Phi) is 5.65. The van der Waals surface area contributed by atoms with E-state index in [0.29, 0.717) is 4.90 Å². The van der Waals surface area contributed by atoms with E-state index in [2.05, 4.69) is 5.32 Å². The third-order valence-corrected chi connectivity index (χ3v) is 1.75. The van der Waals surface area contributed by atoms with Gasteiger partial charge in [-0.25, -0.2) is 0 Å². The summed E-state index contributed by atoms with van der Waals surface area (Å²) in [7, 11) is 0. The third-order valence-electron chi connectivity index (χ3n) is 1.75. The van der Waals surface area contributed by atoms with E-state index in [-0.39, 0.29) is 0 Å². The predicted molar refractivity (Wildman–Crippen MR) is 55.1 cm³/mol. The average Bonchev–Trinajstić information content (AvgIpc) is 2.12. The number of carboxylic acids is 2. The lowest BCUT2D eigenvalue weighted by molar-refractivity contribution is -0.150. The summed E-state index contributed by atoms with van der Waals surface area (Å²) < 4.78 is 0. The van der Waals surface area contributed by atoms with E-state index in [1.807, 2.05) is 0 Å². The van der Waals surface area contributed by atoms with E-state index < -0.39 is 42.9 Å². The average molecular weight is 246 g/mol. The van der Waals surface area contributed by atoms with Crippen LogP contribution < -0.4 is 5.32 Å². The summed E-state index contributed by atoms with van der Waals surface area (Å²) in [4.78, 5) is 43.9. The summed E-state index contributed by atoms with van der Waals surface area (Å²) >= 11 is 0. The van der Waals surface area contributed by atoms with Crippen molar-refractivity contribution in [3.63, 3.8) is 0 Å². The van der Waals surface area contributed by atoms with E-state index in [0.717, 1.165) is 0 Å². The molecule has 0 aliphatic rings. The van der Waals surface area contributed by atoms with Gasteiger partial charge in [0.25, 0.3) is 0 Å². The number of hydrogen-bond donors (Lipinski definition) is 3. The molecule has 1 atom stereocenters. The Balaban J connectivity index is 4.66. The van der Waals surface area contributed by atoms with Crippen molar-refractivity contribution >= 4 is 23.8 Å². The van der Waals surface area contributed by atoms with Crippen LogP contribution in [0, 0.1) is 0 Å². The molecule has 0 rings (SSSR count). The first kappa shape index (κ1) is 14.9. The predicted octanol–water partition coefficient (Wildman–Crippen LogP) is -1.49. The van der Waals surface area contributed by atoms with Crippen LogP contribution in [0.2, 0.25) is 0 Å². The zero-order valence-corrected chi connectivity index (χ0v) is 9.47. The molecule has 0 aromatic rings. The van der Waals surface area contributed by atoms with Gasteiger partial charge in [0.2, 0.25) is 11.8 Å². The van der Waals surface area contributed by atoms with Gasteiger partial charge in [0.1, 0.15) is 19.1 Å². The molecular weight excluding hydrogens is 232 g/mol. The lowest BCUT2D eigenvalue weighted by Crippen LogP contribution is -2.49. The molecule has 0 saturated carbocycles. The topological polar surface area (TPSA) is 124 Å². The molecular formula is C9H14N2O6. The zero-order valence-electron chi connectivity index (χ0n) is 9.47. The molecule has 0 saturated heterocycles. The highest BCUT2D eigenvalue weighted by molar-refractivity contribution is 5.90. The Morgan fingerprint density at radius 3 is 1.82 bits per heavy atom. The second kappa shape index (κ2) is 6.46. The number of carbonyl (C=O) groups excluding carboxylic acids is 2. The fourth-order valence-electron chi connectivity index (χ4n) is 1.18. The van der Waals surface area contributed by atoms with Gasteiger partial charge in [-0.2, -0.15) is 0 Å². The molecule has 3 N–H and O–H groups in total. The van der Waals surface area contributed by atoms with Crippen LogP contribution in [0.3, 0.4) is 0 Å². The minimum absolute atomic E-state index is 0.462. The summed E-state index contributed by atoms with van der Waals surface area (Å²) in [6.45, 7) is 1.09. The van der Waals surface area contributed by atoms with Crippen LogP contribution in [-0.4, -0.2) is 58.0 Å². The van der Waals surface area contributed by atoms with Crippen LogP contribution in [-0.2, 0) is 19.2 Å². The Morgan fingerprint density at radius 2 is 1.53 bits per heavy atom. The second-order valence-corrected chi connectivity index (χ2v) is 3.40. The van der Waals surface area contributed by atoms with E-state index in [9.17, 15) is 19.2 Å². The number of hydrogen-bond acceptors (Lipinski definition) is 4. The fraction of sp³-hybridized carbons (Fsp3) is 0.556. The van der Waals surface area contributed by atoms with Gasteiger partial charge < -0.3 is 20.4 Å². The number of rotatable bonds is 6. The number of amides is 2. The van der Waals surface area contributed by atoms with Crippen molar-refractivity contribution in [1.82, 2.24) is 10.2 Å². The highest BCUT2D eigenvalue weighted by Crippen LogP contribution is 1.96. The van der Waals surface area contributed by atoms with E-state index in [4.69, 9.17) is 10.2 Å². The number of nitrogens with zero attached hydrogens (tertiary/aromatic N) is 1. The fourth-order valence-corrected chi connectivity index (χ4v) is 1.18. The largest absolute Gasteiger partial charge is 0.480 e. The molecule has 0 aliphatic heterocycles. The van der Waals surface area contributed by atoms with E-state index in [1.54, 1.807) is 0 Å². The van der Waals surface area contributed by atoms with Gasteiger partial charge >= 0.3 is 11.9 Å². The standard InChI is InChI=1S/C9H14N2O6/c1-5(10-6(2)12)9(17)11(3-7(13)14)4-8(15)16/h5H,3-4H2,1-2H3,(H,10,12)(H,13,14)(H,15,16). The van der Waals surface area contributed by atoms with Crippen molar-refractivity contribution in [3.8, 4) is 0 Å². The van der Waals surface area contributed by atoms with Crippen LogP contribution in [0.4, 0.5) is 0 Å². The Labute approximate surface area is 97.2 Å². The third kappa shape index (κ3) is 6.13. The highest BCUT2D eigenvalue weighted by Gasteiger charge is 2.24. The maximum atomic E-state index is 11.6. The first-order valence-corrected chi connectivity index (χ1v) is 4.73. The van der Waals surface area contributed by atoms with Crippen LogP contribution in [0.1, 0.15) is 13.8 Å². The molecule has 8 nitrogen and oxygen atoms in total. The first-order chi connectivity index (χ1) is 7.73. The van der Waals surface area contributed by atoms with Crippen molar-refractivity contribution < 1.29 is 29.4 Å². The van der Waals surface area contributed by atoms with Crippen LogP contribution >= 0.6 is 0 Å². The molecule has 0 radical (unpaired) electrons. The summed E-state index contributed by atoms with van der Waals surface area (Å²) in [5, 5.41) is 19.3. The van der Waals surface area contributed by atoms with Gasteiger partial charge in [0, 0.05) is 6.92 Å². The Hall–Kier alpha value is -2.12. The second-order valence-electron chi connectivity index (χ2n) is 3.40. The van der Waals surface area contributed by atoms with Crippen LogP contribution in [0.5, 0.6) is 0 Å². The minimum atomic E-state index is -1.32. The van der Waals surface area contributed by atoms with Crippen molar-refractivity contribution in [3.05, 3.63) is 0 Å². The molecule has 0 spiro atoms. The Morgan fingerprint density at radius 1 is 1.12 bits per heavy atom. The molecule has 0 aromatic heterocycles. The molecule has 0 aromatic carbocycles. The van der Waals surface area contributed by atoms with Gasteiger partial charge in [0.05, 0.1) is 0 Å². The summed E-state index contributed by atoms with van der Waals surface area (Å²) in [5.74, 6) is -3.87. The molecule has 0 bridgehead atoms. The lowest BCUT2D eigenvalue weighted by Gasteiger charge is -2.22. The molecule has 0 aliphatic carbocycles. The van der Waals surface area contributed by atoms with Crippen molar-refractivity contribution in [1.29, 1.82) is 0 Å². The zero-order chi connectivity index (χ0) is 13.6. The number of carbonyl (C=O) groups is 4. The SMILES string of the molecule is CC(=O)NC(C)C(=O)N(CC(=O)O)CC(=O)O. The van der Waals surface area contributed by atoms with Gasteiger partial charge in [-0.05, 0) is 6.92 Å². The van der Waals surface area contributed by atoms with E-state index >= 15 is 0 Å². The number of nitrogens with one attached hydrogen (secondary N) is 1. The maximum absolute atomic E-state index is 11.6. The van der Waals surface area contributed by atoms with Crippen molar-refractivity contribution in [2.75, 3.05) is 13.1 Å². The quantitative estimate of drug-likeness (QED) is 0.524. The molecule has 17 heavy (non-hydrogen) atoms. The lowest BCUT2D eigenvalue weighted by atomic mass is 10.2. The minimum Gasteiger partial charge on any atom is -0.480 e. The van der Waals surface area contributed by atoms with Gasteiger partial charge in [0.15, 0.2) is 0 Å². The van der Waals surface area contributed by atoms with Crippen molar-refractivity contribution in [2.45, 2.75) is 19.9 Å². The summed E-state index contributed by atoms with van der Waals surface area (Å²) in [5.41, 5.74) is 0.